The first-order valence-corrected chi connectivity index (χ1v) is 7.02. The molecule has 1 N–H and O–H groups in total. The van der Waals surface area contributed by atoms with E-state index in [0.29, 0.717) is 12.2 Å². The molecule has 1 aromatic carbocycles. The molecule has 0 saturated carbocycles. The number of aliphatic hydroxyl groups excluding tert-OH is 1. The molecule has 0 bridgehead atoms. The van der Waals surface area contributed by atoms with Crippen LogP contribution in [0.15, 0.2) is 39.2 Å². The predicted molar refractivity (Wildman–Crippen MR) is 77.4 cm³/mol. The minimum absolute atomic E-state index is 0.481. The van der Waals surface area contributed by atoms with E-state index in [9.17, 15) is 5.11 Å². The number of halogens is 1. The zero-order valence-corrected chi connectivity index (χ0v) is 12.6. The van der Waals surface area contributed by atoms with Crippen molar-refractivity contribution in [3.63, 3.8) is 0 Å². The lowest BCUT2D eigenvalue weighted by molar-refractivity contribution is 0.148. The van der Waals surface area contributed by atoms with Gasteiger partial charge in [-0.25, -0.2) is 0 Å². The van der Waals surface area contributed by atoms with Crippen molar-refractivity contribution in [2.24, 2.45) is 0 Å². The Labute approximate surface area is 121 Å². The highest BCUT2D eigenvalue weighted by Gasteiger charge is 2.15. The van der Waals surface area contributed by atoms with Crippen molar-refractivity contribution in [1.82, 2.24) is 0 Å². The Hall–Kier alpha value is -1.26. The maximum absolute atomic E-state index is 10.2. The summed E-state index contributed by atoms with van der Waals surface area (Å²) in [6.07, 6.45) is 0.660. The monoisotopic (exact) mass is 324 g/mol. The smallest absolute Gasteiger partial charge is 0.133 e. The molecule has 0 aliphatic heterocycles. The van der Waals surface area contributed by atoms with E-state index in [-0.39, 0.29) is 0 Å². The third-order valence-corrected chi connectivity index (χ3v) is 3.80. The molecule has 102 valence electrons. The molecule has 1 heterocycles. The molecule has 0 spiro atoms. The lowest BCUT2D eigenvalue weighted by Crippen LogP contribution is -2.01. The topological polar surface area (TPSA) is 42.6 Å². The summed E-state index contributed by atoms with van der Waals surface area (Å²) < 4.78 is 11.7. The minimum Gasteiger partial charge on any atom is -0.497 e. The normalized spacial score (nSPS) is 12.4. The van der Waals surface area contributed by atoms with Crippen molar-refractivity contribution in [3.05, 3.63) is 51.9 Å². The van der Waals surface area contributed by atoms with Gasteiger partial charge in [0, 0.05) is 17.3 Å². The number of ether oxygens (including phenoxy) is 1. The third kappa shape index (κ3) is 3.39. The van der Waals surface area contributed by atoms with Crippen molar-refractivity contribution in [1.29, 1.82) is 0 Å². The van der Waals surface area contributed by atoms with Crippen LogP contribution in [0.5, 0.6) is 5.75 Å². The molecule has 0 fully saturated rings. The van der Waals surface area contributed by atoms with Crippen molar-refractivity contribution in [2.75, 3.05) is 7.11 Å². The van der Waals surface area contributed by atoms with E-state index >= 15 is 0 Å². The minimum atomic E-state index is -0.649. The molecule has 1 atom stereocenters. The summed E-state index contributed by atoms with van der Waals surface area (Å²) in [5.74, 6) is 2.27. The summed E-state index contributed by atoms with van der Waals surface area (Å²) in [6.45, 7) is 2.02. The largest absolute Gasteiger partial charge is 0.497 e. The number of furan rings is 1. The van der Waals surface area contributed by atoms with E-state index in [1.807, 2.05) is 37.3 Å². The fraction of sp³-hybridized carbons (Fsp3) is 0.333. The average Bonchev–Trinajstić information content (AvgIpc) is 2.90. The van der Waals surface area contributed by atoms with Gasteiger partial charge in [0.2, 0.25) is 0 Å². The Bertz CT molecular complexity index is 548. The summed E-state index contributed by atoms with van der Waals surface area (Å²) in [5.41, 5.74) is 0.987. The number of aliphatic hydroxyl groups is 1. The van der Waals surface area contributed by atoms with Crippen molar-refractivity contribution < 1.29 is 14.3 Å². The molecule has 0 aliphatic carbocycles. The maximum atomic E-state index is 10.2. The van der Waals surface area contributed by atoms with Crippen LogP contribution in [0.1, 0.15) is 30.1 Å². The number of benzene rings is 1. The molecule has 1 aromatic heterocycles. The molecule has 0 saturated heterocycles. The molecule has 0 amide bonds. The molecular formula is C15H17BrO3. The first-order chi connectivity index (χ1) is 9.13. The van der Waals surface area contributed by atoms with Crippen molar-refractivity contribution >= 4 is 15.9 Å². The molecule has 1 unspecified atom stereocenters. The second kappa shape index (κ2) is 6.26. The average molecular weight is 325 g/mol. The first kappa shape index (κ1) is 14.2. The summed E-state index contributed by atoms with van der Waals surface area (Å²) in [7, 11) is 1.63. The molecular weight excluding hydrogens is 308 g/mol. The van der Waals surface area contributed by atoms with Crippen LogP contribution >= 0.6 is 15.9 Å². The second-order valence-electron chi connectivity index (χ2n) is 4.33. The van der Waals surface area contributed by atoms with Gasteiger partial charge in [-0.3, -0.25) is 0 Å². The van der Waals surface area contributed by atoms with Crippen LogP contribution in [0.3, 0.4) is 0 Å². The van der Waals surface area contributed by atoms with Crippen molar-refractivity contribution in [2.45, 2.75) is 25.9 Å². The maximum Gasteiger partial charge on any atom is 0.133 e. The van der Waals surface area contributed by atoms with Crippen LogP contribution in [0, 0.1) is 0 Å². The van der Waals surface area contributed by atoms with Gasteiger partial charge in [0.15, 0.2) is 0 Å². The Kier molecular flexibility index (Phi) is 4.66. The highest BCUT2D eigenvalue weighted by Crippen LogP contribution is 2.28. The molecule has 19 heavy (non-hydrogen) atoms. The summed E-state index contributed by atoms with van der Waals surface area (Å²) >= 11 is 3.48. The predicted octanol–water partition coefficient (Wildman–Crippen LogP) is 3.89. The Morgan fingerprint density at radius 3 is 2.74 bits per heavy atom. The SMILES string of the molecule is CCc1ccc(C(O)Cc2cc(OC)ccc2Br)o1. The van der Waals surface area contributed by atoms with Crippen molar-refractivity contribution in [3.8, 4) is 5.75 Å². The lowest BCUT2D eigenvalue weighted by atomic mass is 10.1. The van der Waals surface area contributed by atoms with E-state index in [0.717, 1.165) is 28.0 Å². The van der Waals surface area contributed by atoms with Gasteiger partial charge in [-0.2, -0.15) is 0 Å². The van der Waals surface area contributed by atoms with E-state index in [2.05, 4.69) is 15.9 Å². The van der Waals surface area contributed by atoms with Crippen LogP contribution in [-0.4, -0.2) is 12.2 Å². The standard InChI is InChI=1S/C15H17BrO3/c1-3-11-5-7-15(19-11)14(17)9-10-8-12(18-2)4-6-13(10)16/h4-8,14,17H,3,9H2,1-2H3. The van der Waals surface area contributed by atoms with E-state index in [4.69, 9.17) is 9.15 Å². The number of hydrogen-bond acceptors (Lipinski definition) is 3. The number of aryl methyl sites for hydroxylation is 1. The first-order valence-electron chi connectivity index (χ1n) is 6.23. The molecule has 2 aromatic rings. The molecule has 2 rings (SSSR count). The summed E-state index contributed by atoms with van der Waals surface area (Å²) in [4.78, 5) is 0. The fourth-order valence-corrected chi connectivity index (χ4v) is 2.32. The third-order valence-electron chi connectivity index (χ3n) is 3.03. The van der Waals surface area contributed by atoms with E-state index in [1.165, 1.54) is 0 Å². The van der Waals surface area contributed by atoms with Gasteiger partial charge < -0.3 is 14.3 Å². The Morgan fingerprint density at radius 2 is 2.11 bits per heavy atom. The number of hydrogen-bond donors (Lipinski definition) is 1. The van der Waals surface area contributed by atoms with Gasteiger partial charge in [-0.05, 0) is 35.9 Å². The van der Waals surface area contributed by atoms with Gasteiger partial charge in [0.05, 0.1) is 7.11 Å². The van der Waals surface area contributed by atoms with Gasteiger partial charge in [-0.1, -0.05) is 22.9 Å². The number of rotatable bonds is 5. The summed E-state index contributed by atoms with van der Waals surface area (Å²) in [5, 5.41) is 10.2. The van der Waals surface area contributed by atoms with Gasteiger partial charge in [-0.15, -0.1) is 0 Å². The Morgan fingerprint density at radius 1 is 1.32 bits per heavy atom. The van der Waals surface area contributed by atoms with Gasteiger partial charge >= 0.3 is 0 Å². The second-order valence-corrected chi connectivity index (χ2v) is 5.19. The van der Waals surface area contributed by atoms with Crippen LogP contribution in [0.25, 0.3) is 0 Å². The molecule has 3 nitrogen and oxygen atoms in total. The van der Waals surface area contributed by atoms with E-state index in [1.54, 1.807) is 7.11 Å². The quantitative estimate of drug-likeness (QED) is 0.907. The molecule has 0 aliphatic rings. The lowest BCUT2D eigenvalue weighted by Gasteiger charge is -2.11. The highest BCUT2D eigenvalue weighted by molar-refractivity contribution is 9.10. The van der Waals surface area contributed by atoms with E-state index < -0.39 is 6.10 Å². The highest BCUT2D eigenvalue weighted by atomic mass is 79.9. The fourth-order valence-electron chi connectivity index (χ4n) is 1.91. The van der Waals surface area contributed by atoms with Gasteiger partial charge in [0.1, 0.15) is 23.4 Å². The molecule has 4 heteroatoms. The van der Waals surface area contributed by atoms with Crippen LogP contribution in [0.2, 0.25) is 0 Å². The molecule has 0 radical (unpaired) electrons. The van der Waals surface area contributed by atoms with Crippen LogP contribution < -0.4 is 4.74 Å². The zero-order valence-electron chi connectivity index (χ0n) is 11.0. The zero-order chi connectivity index (χ0) is 13.8. The summed E-state index contributed by atoms with van der Waals surface area (Å²) in [6, 6.07) is 9.44. The van der Waals surface area contributed by atoms with Crippen LogP contribution in [0.4, 0.5) is 0 Å². The number of methoxy groups -OCH3 is 1. The van der Waals surface area contributed by atoms with Crippen LogP contribution in [-0.2, 0) is 12.8 Å². The van der Waals surface area contributed by atoms with Gasteiger partial charge in [0.25, 0.3) is 0 Å². The Balaban J connectivity index is 2.15.